The number of nitrogens with zero attached hydrogens (tertiary/aromatic N) is 2. The summed E-state index contributed by atoms with van der Waals surface area (Å²) >= 11 is 0. The lowest BCUT2D eigenvalue weighted by atomic mass is 10.0. The van der Waals surface area contributed by atoms with Crippen molar-refractivity contribution in [3.05, 3.63) is 71.7 Å². The quantitative estimate of drug-likeness (QED) is 0.736. The highest BCUT2D eigenvalue weighted by Crippen LogP contribution is 2.27. The van der Waals surface area contributed by atoms with Crippen molar-refractivity contribution in [2.24, 2.45) is 0 Å². The van der Waals surface area contributed by atoms with Crippen LogP contribution in [0.3, 0.4) is 0 Å². The van der Waals surface area contributed by atoms with Gasteiger partial charge in [-0.25, -0.2) is 4.39 Å². The molecule has 1 aliphatic rings. The molecule has 1 N–H and O–H groups in total. The topological polar surface area (TPSA) is 37.4 Å². The van der Waals surface area contributed by atoms with Gasteiger partial charge in [-0.15, -0.1) is 0 Å². The van der Waals surface area contributed by atoms with Gasteiger partial charge < -0.3 is 10.1 Å². The number of para-hydroxylation sites is 1. The largest absolute Gasteiger partial charge is 0.383 e. The van der Waals surface area contributed by atoms with Crippen molar-refractivity contribution in [2.75, 3.05) is 38.2 Å². The number of ether oxygens (including phenoxy) is 1. The number of morpholine rings is 1. The molecule has 0 radical (unpaired) electrons. The predicted molar refractivity (Wildman–Crippen MR) is 107 cm³/mol. The van der Waals surface area contributed by atoms with Crippen LogP contribution in [0.2, 0.25) is 0 Å². The van der Waals surface area contributed by atoms with Crippen LogP contribution in [-0.4, -0.2) is 42.7 Å². The van der Waals surface area contributed by atoms with Crippen molar-refractivity contribution in [2.45, 2.75) is 13.0 Å². The van der Waals surface area contributed by atoms with Gasteiger partial charge in [-0.1, -0.05) is 30.3 Å². The van der Waals surface area contributed by atoms with Gasteiger partial charge in [0.2, 0.25) is 0 Å². The van der Waals surface area contributed by atoms with Crippen LogP contribution >= 0.6 is 0 Å². The van der Waals surface area contributed by atoms with Crippen molar-refractivity contribution in [3.63, 3.8) is 0 Å². The van der Waals surface area contributed by atoms with Crippen LogP contribution in [0, 0.1) is 12.7 Å². The van der Waals surface area contributed by atoms with Gasteiger partial charge in [-0.2, -0.15) is 0 Å². The van der Waals surface area contributed by atoms with E-state index in [1.54, 1.807) is 0 Å². The van der Waals surface area contributed by atoms with Gasteiger partial charge in [0.1, 0.15) is 5.82 Å². The highest BCUT2D eigenvalue weighted by Gasteiger charge is 2.23. The molecule has 2 aromatic carbocycles. The van der Waals surface area contributed by atoms with Crippen molar-refractivity contribution in [1.82, 2.24) is 9.88 Å². The number of halogens is 1. The number of hydrogen-bond donors (Lipinski definition) is 1. The number of aryl methyl sites for hydroxylation is 1. The number of aromatic nitrogens is 1. The highest BCUT2D eigenvalue weighted by molar-refractivity contribution is 5.91. The summed E-state index contributed by atoms with van der Waals surface area (Å²) in [6.07, 6.45) is 0. The Labute approximate surface area is 159 Å². The molecular weight excluding hydrogens is 341 g/mol. The number of nitrogens with one attached hydrogen (secondary N) is 1. The van der Waals surface area contributed by atoms with E-state index < -0.39 is 0 Å². The number of fused-ring (bicyclic) bond motifs is 1. The molecule has 3 aromatic rings. The zero-order chi connectivity index (χ0) is 18.6. The molecule has 4 nitrogen and oxygen atoms in total. The lowest BCUT2D eigenvalue weighted by molar-refractivity contribution is 0.0187. The molecule has 0 amide bonds. The molecule has 1 unspecified atom stereocenters. The molecule has 1 atom stereocenters. The minimum atomic E-state index is -0.205. The molecular formula is C22H24FN3O. The van der Waals surface area contributed by atoms with E-state index in [9.17, 15) is 4.39 Å². The van der Waals surface area contributed by atoms with Gasteiger partial charge in [-0.05, 0) is 36.8 Å². The Kier molecular flexibility index (Phi) is 5.32. The second-order valence-corrected chi connectivity index (χ2v) is 6.92. The molecule has 5 heteroatoms. The minimum Gasteiger partial charge on any atom is -0.383 e. The molecule has 1 fully saturated rings. The van der Waals surface area contributed by atoms with E-state index >= 15 is 0 Å². The summed E-state index contributed by atoms with van der Waals surface area (Å²) in [6, 6.07) is 17.2. The van der Waals surface area contributed by atoms with E-state index in [1.807, 2.05) is 37.3 Å². The maximum absolute atomic E-state index is 13.4. The van der Waals surface area contributed by atoms with E-state index in [-0.39, 0.29) is 11.9 Å². The Hall–Kier alpha value is -2.50. The van der Waals surface area contributed by atoms with Crippen molar-refractivity contribution in [3.8, 4) is 0 Å². The number of pyridine rings is 1. The zero-order valence-electron chi connectivity index (χ0n) is 15.5. The Morgan fingerprint density at radius 3 is 2.63 bits per heavy atom. The SMILES string of the molecule is Cc1cc(NCC(c2ccc(F)cc2)N2CCOCC2)c2ccccc2n1. The van der Waals surface area contributed by atoms with Crippen molar-refractivity contribution in [1.29, 1.82) is 0 Å². The molecule has 0 aliphatic carbocycles. The average Bonchev–Trinajstić information content (AvgIpc) is 2.70. The normalized spacial score (nSPS) is 16.4. The van der Waals surface area contributed by atoms with Crippen molar-refractivity contribution >= 4 is 16.6 Å². The lowest BCUT2D eigenvalue weighted by Crippen LogP contribution is -2.41. The first kappa shape index (κ1) is 17.9. The van der Waals surface area contributed by atoms with Crippen molar-refractivity contribution < 1.29 is 9.13 Å². The Balaban J connectivity index is 1.61. The molecule has 140 valence electrons. The van der Waals surface area contributed by atoms with E-state index in [1.165, 1.54) is 12.1 Å². The van der Waals surface area contributed by atoms with Crippen LogP contribution in [0.1, 0.15) is 17.3 Å². The standard InChI is InChI=1S/C22H24FN3O/c1-16-14-21(19-4-2-3-5-20(19)25-16)24-15-22(26-10-12-27-13-11-26)17-6-8-18(23)9-7-17/h2-9,14,22H,10-13,15H2,1H3,(H,24,25). The van der Waals surface area contributed by atoms with Crippen LogP contribution in [0.4, 0.5) is 10.1 Å². The van der Waals surface area contributed by atoms with Gasteiger partial charge >= 0.3 is 0 Å². The van der Waals surface area contributed by atoms with Gasteiger partial charge in [0.15, 0.2) is 0 Å². The monoisotopic (exact) mass is 365 g/mol. The maximum atomic E-state index is 13.4. The van der Waals surface area contributed by atoms with Crippen LogP contribution in [0.25, 0.3) is 10.9 Å². The second-order valence-electron chi connectivity index (χ2n) is 6.92. The fraction of sp³-hybridized carbons (Fsp3) is 0.318. The zero-order valence-corrected chi connectivity index (χ0v) is 15.5. The summed E-state index contributed by atoms with van der Waals surface area (Å²) in [5, 5.41) is 4.74. The van der Waals surface area contributed by atoms with Crippen LogP contribution in [-0.2, 0) is 4.74 Å². The fourth-order valence-corrected chi connectivity index (χ4v) is 3.69. The van der Waals surface area contributed by atoms with Gasteiger partial charge in [0.25, 0.3) is 0 Å². The summed E-state index contributed by atoms with van der Waals surface area (Å²) in [5.41, 5.74) is 4.17. The minimum absolute atomic E-state index is 0.154. The summed E-state index contributed by atoms with van der Waals surface area (Å²) in [7, 11) is 0. The molecule has 1 aliphatic heterocycles. The number of rotatable bonds is 5. The highest BCUT2D eigenvalue weighted by atomic mass is 19.1. The third kappa shape index (κ3) is 4.10. The molecule has 2 heterocycles. The van der Waals surface area contributed by atoms with Gasteiger partial charge in [0.05, 0.1) is 24.8 Å². The molecule has 1 aromatic heterocycles. The van der Waals surface area contributed by atoms with E-state index in [2.05, 4.69) is 27.3 Å². The molecule has 0 saturated carbocycles. The number of benzene rings is 2. The third-order valence-corrected chi connectivity index (χ3v) is 5.07. The summed E-state index contributed by atoms with van der Waals surface area (Å²) < 4.78 is 18.9. The first-order valence-electron chi connectivity index (χ1n) is 9.38. The lowest BCUT2D eigenvalue weighted by Gasteiger charge is -2.35. The molecule has 1 saturated heterocycles. The average molecular weight is 365 g/mol. The van der Waals surface area contributed by atoms with Crippen LogP contribution < -0.4 is 5.32 Å². The molecule has 0 spiro atoms. The smallest absolute Gasteiger partial charge is 0.123 e. The number of anilines is 1. The Bertz CT molecular complexity index is 907. The van der Waals surface area contributed by atoms with Gasteiger partial charge in [-0.3, -0.25) is 9.88 Å². The maximum Gasteiger partial charge on any atom is 0.123 e. The summed E-state index contributed by atoms with van der Waals surface area (Å²) in [4.78, 5) is 7.02. The van der Waals surface area contributed by atoms with Crippen LogP contribution in [0.15, 0.2) is 54.6 Å². The van der Waals surface area contributed by atoms with E-state index in [0.717, 1.165) is 60.7 Å². The van der Waals surface area contributed by atoms with E-state index in [4.69, 9.17) is 4.74 Å². The predicted octanol–water partition coefficient (Wildman–Crippen LogP) is 4.17. The Morgan fingerprint density at radius 2 is 1.85 bits per heavy atom. The second kappa shape index (κ2) is 8.03. The Morgan fingerprint density at radius 1 is 1.11 bits per heavy atom. The van der Waals surface area contributed by atoms with Gasteiger partial charge in [0, 0.05) is 36.4 Å². The molecule has 0 bridgehead atoms. The van der Waals surface area contributed by atoms with Crippen LogP contribution in [0.5, 0.6) is 0 Å². The van der Waals surface area contributed by atoms with E-state index in [0.29, 0.717) is 0 Å². The number of hydrogen-bond acceptors (Lipinski definition) is 4. The third-order valence-electron chi connectivity index (χ3n) is 5.07. The summed E-state index contributed by atoms with van der Waals surface area (Å²) in [6.45, 7) is 5.96. The first-order valence-corrected chi connectivity index (χ1v) is 9.38. The molecule has 27 heavy (non-hydrogen) atoms. The fourth-order valence-electron chi connectivity index (χ4n) is 3.69. The first-order chi connectivity index (χ1) is 13.2. The molecule has 4 rings (SSSR count). The summed E-state index contributed by atoms with van der Waals surface area (Å²) in [5.74, 6) is -0.205.